The highest BCUT2D eigenvalue weighted by atomic mass is 19.1. The van der Waals surface area contributed by atoms with E-state index in [-0.39, 0.29) is 17.5 Å². The lowest BCUT2D eigenvalue weighted by molar-refractivity contribution is 0.0137. The Morgan fingerprint density at radius 1 is 1.32 bits per heavy atom. The molecular weight excluding hydrogens is 241 g/mol. The van der Waals surface area contributed by atoms with Crippen molar-refractivity contribution in [2.24, 2.45) is 0 Å². The summed E-state index contributed by atoms with van der Waals surface area (Å²) in [6.45, 7) is 4.38. The molecular formula is C16H24FNO. The van der Waals surface area contributed by atoms with Crippen molar-refractivity contribution in [3.8, 4) is 5.75 Å². The third-order valence-electron chi connectivity index (χ3n) is 4.01. The van der Waals surface area contributed by atoms with E-state index in [9.17, 15) is 4.39 Å². The molecule has 0 radical (unpaired) electrons. The van der Waals surface area contributed by atoms with Gasteiger partial charge < -0.3 is 10.1 Å². The molecule has 2 rings (SSSR count). The Morgan fingerprint density at radius 3 is 2.58 bits per heavy atom. The number of benzene rings is 1. The van der Waals surface area contributed by atoms with E-state index >= 15 is 0 Å². The van der Waals surface area contributed by atoms with E-state index in [4.69, 9.17) is 4.74 Å². The highest BCUT2D eigenvalue weighted by Crippen LogP contribution is 2.43. The van der Waals surface area contributed by atoms with Crippen molar-refractivity contribution >= 4 is 0 Å². The molecule has 0 bridgehead atoms. The van der Waals surface area contributed by atoms with Crippen LogP contribution in [0.1, 0.15) is 57.6 Å². The normalized spacial score (nSPS) is 20.7. The molecule has 0 amide bonds. The highest BCUT2D eigenvalue weighted by Gasteiger charge is 2.39. The van der Waals surface area contributed by atoms with Gasteiger partial charge >= 0.3 is 0 Å². The minimum Gasteiger partial charge on any atom is -0.487 e. The summed E-state index contributed by atoms with van der Waals surface area (Å²) in [6.07, 6.45) is 5.23. The van der Waals surface area contributed by atoms with E-state index in [1.807, 2.05) is 7.05 Å². The first kappa shape index (κ1) is 14.3. The molecule has 1 heterocycles. The second kappa shape index (κ2) is 5.91. The number of halogens is 1. The van der Waals surface area contributed by atoms with Crippen LogP contribution in [0.5, 0.6) is 5.75 Å². The highest BCUT2D eigenvalue weighted by molar-refractivity contribution is 5.39. The maximum Gasteiger partial charge on any atom is 0.125 e. The van der Waals surface area contributed by atoms with E-state index < -0.39 is 0 Å². The lowest BCUT2D eigenvalue weighted by Crippen LogP contribution is -2.43. The first-order valence-corrected chi connectivity index (χ1v) is 7.30. The molecule has 1 aromatic rings. The molecule has 1 aliphatic heterocycles. The summed E-state index contributed by atoms with van der Waals surface area (Å²) in [7, 11) is 1.94. The second-order valence-corrected chi connectivity index (χ2v) is 5.51. The van der Waals surface area contributed by atoms with Gasteiger partial charge in [0.2, 0.25) is 0 Å². The third-order valence-corrected chi connectivity index (χ3v) is 4.01. The van der Waals surface area contributed by atoms with Gasteiger partial charge in [-0.05, 0) is 38.1 Å². The van der Waals surface area contributed by atoms with Gasteiger partial charge in [-0.1, -0.05) is 26.7 Å². The quantitative estimate of drug-likeness (QED) is 0.861. The van der Waals surface area contributed by atoms with E-state index in [1.165, 1.54) is 6.07 Å². The van der Waals surface area contributed by atoms with Crippen LogP contribution >= 0.6 is 0 Å². The van der Waals surface area contributed by atoms with Gasteiger partial charge in [-0.3, -0.25) is 0 Å². The zero-order chi connectivity index (χ0) is 13.9. The van der Waals surface area contributed by atoms with Crippen LogP contribution in [0.15, 0.2) is 18.2 Å². The second-order valence-electron chi connectivity index (χ2n) is 5.51. The molecule has 1 aromatic carbocycles. The summed E-state index contributed by atoms with van der Waals surface area (Å²) in [5, 5.41) is 3.31. The van der Waals surface area contributed by atoms with Gasteiger partial charge in [0.15, 0.2) is 0 Å². The zero-order valence-corrected chi connectivity index (χ0v) is 12.1. The molecule has 106 valence electrons. The van der Waals surface area contributed by atoms with Gasteiger partial charge in [0.1, 0.15) is 17.2 Å². The van der Waals surface area contributed by atoms with Crippen molar-refractivity contribution in [3.05, 3.63) is 29.6 Å². The predicted octanol–water partition coefficient (Wildman–Crippen LogP) is 4.21. The predicted molar refractivity (Wildman–Crippen MR) is 76.0 cm³/mol. The molecule has 0 saturated carbocycles. The van der Waals surface area contributed by atoms with Gasteiger partial charge in [-0.15, -0.1) is 0 Å². The van der Waals surface area contributed by atoms with E-state index in [0.29, 0.717) is 0 Å². The number of fused-ring (bicyclic) bond motifs is 1. The lowest BCUT2D eigenvalue weighted by Gasteiger charge is -2.42. The standard InChI is InChI=1S/C16H24FNO/c1-4-8-16(9-5-2)11-14(18-3)13-10-12(17)6-7-15(13)19-16/h6-7,10,14,18H,4-5,8-9,11H2,1-3H3. The maximum atomic E-state index is 13.4. The number of rotatable bonds is 5. The molecule has 1 N–H and O–H groups in total. The van der Waals surface area contributed by atoms with Crippen molar-refractivity contribution in [1.82, 2.24) is 5.32 Å². The third kappa shape index (κ3) is 2.92. The van der Waals surface area contributed by atoms with E-state index in [1.54, 1.807) is 12.1 Å². The van der Waals surface area contributed by atoms with Crippen LogP contribution in [0.2, 0.25) is 0 Å². The Bertz CT molecular complexity index is 427. The van der Waals surface area contributed by atoms with Crippen molar-refractivity contribution in [2.75, 3.05) is 7.05 Å². The molecule has 0 aromatic heterocycles. The fourth-order valence-corrected chi connectivity index (χ4v) is 3.24. The van der Waals surface area contributed by atoms with Crippen LogP contribution in [0.3, 0.4) is 0 Å². The minimum absolute atomic E-state index is 0.0952. The van der Waals surface area contributed by atoms with Crippen molar-refractivity contribution in [1.29, 1.82) is 0 Å². The summed E-state index contributed by atoms with van der Waals surface area (Å²) < 4.78 is 19.7. The molecule has 0 spiro atoms. The van der Waals surface area contributed by atoms with E-state index in [0.717, 1.165) is 43.4 Å². The summed E-state index contributed by atoms with van der Waals surface area (Å²) >= 11 is 0. The topological polar surface area (TPSA) is 21.3 Å². The summed E-state index contributed by atoms with van der Waals surface area (Å²) in [4.78, 5) is 0. The number of hydrogen-bond donors (Lipinski definition) is 1. The van der Waals surface area contributed by atoms with Crippen LogP contribution in [-0.4, -0.2) is 12.6 Å². The Balaban J connectivity index is 2.36. The fourth-order valence-electron chi connectivity index (χ4n) is 3.24. The Morgan fingerprint density at radius 2 is 2.00 bits per heavy atom. The smallest absolute Gasteiger partial charge is 0.125 e. The first-order chi connectivity index (χ1) is 9.14. The van der Waals surface area contributed by atoms with Crippen molar-refractivity contribution < 1.29 is 9.13 Å². The SMILES string of the molecule is CCCC1(CCC)CC(NC)c2cc(F)ccc2O1. The molecule has 2 nitrogen and oxygen atoms in total. The van der Waals surface area contributed by atoms with Gasteiger partial charge in [0, 0.05) is 18.0 Å². The first-order valence-electron chi connectivity index (χ1n) is 7.30. The molecule has 0 fully saturated rings. The number of nitrogens with one attached hydrogen (secondary N) is 1. The van der Waals surface area contributed by atoms with E-state index in [2.05, 4.69) is 19.2 Å². The number of hydrogen-bond acceptors (Lipinski definition) is 2. The lowest BCUT2D eigenvalue weighted by atomic mass is 9.81. The maximum absolute atomic E-state index is 13.4. The molecule has 1 aliphatic rings. The molecule has 19 heavy (non-hydrogen) atoms. The van der Waals surface area contributed by atoms with Crippen molar-refractivity contribution in [2.45, 2.75) is 57.6 Å². The summed E-state index contributed by atoms with van der Waals surface area (Å²) in [5.74, 6) is 0.648. The van der Waals surface area contributed by atoms with Crippen LogP contribution in [0.25, 0.3) is 0 Å². The summed E-state index contributed by atoms with van der Waals surface area (Å²) in [6, 6.07) is 5.03. The van der Waals surface area contributed by atoms with Gasteiger partial charge in [0.25, 0.3) is 0 Å². The molecule has 0 aliphatic carbocycles. The minimum atomic E-state index is -0.193. The zero-order valence-electron chi connectivity index (χ0n) is 12.1. The Labute approximate surface area is 115 Å². The van der Waals surface area contributed by atoms with Gasteiger partial charge in [0.05, 0.1) is 0 Å². The van der Waals surface area contributed by atoms with Crippen LogP contribution in [0, 0.1) is 5.82 Å². The monoisotopic (exact) mass is 265 g/mol. The Kier molecular flexibility index (Phi) is 4.46. The number of ether oxygens (including phenoxy) is 1. The largest absolute Gasteiger partial charge is 0.487 e. The fraction of sp³-hybridized carbons (Fsp3) is 0.625. The van der Waals surface area contributed by atoms with Gasteiger partial charge in [-0.2, -0.15) is 0 Å². The van der Waals surface area contributed by atoms with Crippen LogP contribution < -0.4 is 10.1 Å². The molecule has 1 unspecified atom stereocenters. The average Bonchev–Trinajstić information content (AvgIpc) is 2.39. The molecule has 3 heteroatoms. The Hall–Kier alpha value is -1.09. The summed E-state index contributed by atoms with van der Waals surface area (Å²) in [5.41, 5.74) is 0.854. The van der Waals surface area contributed by atoms with Crippen molar-refractivity contribution in [3.63, 3.8) is 0 Å². The van der Waals surface area contributed by atoms with Gasteiger partial charge in [-0.25, -0.2) is 4.39 Å². The van der Waals surface area contributed by atoms with Crippen LogP contribution in [0.4, 0.5) is 4.39 Å². The average molecular weight is 265 g/mol. The van der Waals surface area contributed by atoms with Crippen LogP contribution in [-0.2, 0) is 0 Å². The molecule has 0 saturated heterocycles. The molecule has 1 atom stereocenters.